The average Bonchev–Trinajstić information content (AvgIpc) is 2.90. The second kappa shape index (κ2) is 4.17. The Bertz CT molecular complexity index is 922. The van der Waals surface area contributed by atoms with Crippen LogP contribution in [-0.4, -0.2) is 14.5 Å². The van der Waals surface area contributed by atoms with Gasteiger partial charge in [-0.05, 0) is 31.2 Å². The Morgan fingerprint density at radius 3 is 2.90 bits per heavy atom. The summed E-state index contributed by atoms with van der Waals surface area (Å²) >= 11 is 0. The number of fused-ring (bicyclic) bond motifs is 2. The molecule has 0 fully saturated rings. The van der Waals surface area contributed by atoms with Gasteiger partial charge in [0.15, 0.2) is 0 Å². The molecule has 96 valence electrons. The molecule has 0 aliphatic carbocycles. The van der Waals surface area contributed by atoms with E-state index in [1.807, 2.05) is 31.5 Å². The summed E-state index contributed by atoms with van der Waals surface area (Å²) < 4.78 is 2.20. The number of pyridine rings is 2. The van der Waals surface area contributed by atoms with Crippen molar-refractivity contribution >= 4 is 21.8 Å². The van der Waals surface area contributed by atoms with Gasteiger partial charge >= 0.3 is 0 Å². The summed E-state index contributed by atoms with van der Waals surface area (Å²) in [6, 6.07) is 14.5. The van der Waals surface area contributed by atoms with Crippen LogP contribution in [-0.2, 0) is 0 Å². The molecule has 0 unspecified atom stereocenters. The Hall–Kier alpha value is -2.68. The summed E-state index contributed by atoms with van der Waals surface area (Å²) in [5, 5.41) is 2.30. The van der Waals surface area contributed by atoms with Crippen LogP contribution >= 0.6 is 0 Å². The number of aryl methyl sites for hydroxylation is 1. The topological polar surface area (TPSA) is 30.7 Å². The van der Waals surface area contributed by atoms with E-state index in [9.17, 15) is 0 Å². The summed E-state index contributed by atoms with van der Waals surface area (Å²) in [5.41, 5.74) is 4.37. The molecule has 1 aromatic carbocycles. The van der Waals surface area contributed by atoms with Crippen molar-refractivity contribution in [3.8, 4) is 5.69 Å². The van der Waals surface area contributed by atoms with Crippen molar-refractivity contribution < 1.29 is 0 Å². The van der Waals surface area contributed by atoms with E-state index in [1.165, 1.54) is 0 Å². The predicted molar refractivity (Wildman–Crippen MR) is 81.1 cm³/mol. The van der Waals surface area contributed by atoms with E-state index in [1.54, 1.807) is 0 Å². The van der Waals surface area contributed by atoms with Crippen LogP contribution in [0.1, 0.15) is 5.69 Å². The largest absolute Gasteiger partial charge is 0.316 e. The maximum atomic E-state index is 4.60. The Morgan fingerprint density at radius 1 is 1.05 bits per heavy atom. The molecule has 0 spiro atoms. The van der Waals surface area contributed by atoms with E-state index in [4.69, 9.17) is 0 Å². The van der Waals surface area contributed by atoms with E-state index < -0.39 is 0 Å². The molecular formula is C17H13N3. The summed E-state index contributed by atoms with van der Waals surface area (Å²) in [4.78, 5) is 8.77. The first-order valence-electron chi connectivity index (χ1n) is 6.61. The molecule has 0 atom stereocenters. The van der Waals surface area contributed by atoms with E-state index in [0.717, 1.165) is 33.2 Å². The van der Waals surface area contributed by atoms with Gasteiger partial charge in [0.1, 0.15) is 0 Å². The molecule has 0 saturated heterocycles. The van der Waals surface area contributed by atoms with E-state index in [0.29, 0.717) is 0 Å². The van der Waals surface area contributed by atoms with Crippen LogP contribution in [0.3, 0.4) is 0 Å². The molecule has 3 nitrogen and oxygen atoms in total. The van der Waals surface area contributed by atoms with Crippen LogP contribution in [0.5, 0.6) is 0 Å². The van der Waals surface area contributed by atoms with Gasteiger partial charge in [-0.25, -0.2) is 0 Å². The summed E-state index contributed by atoms with van der Waals surface area (Å²) in [7, 11) is 0. The predicted octanol–water partition coefficient (Wildman–Crippen LogP) is 3.88. The number of benzene rings is 1. The lowest BCUT2D eigenvalue weighted by Crippen LogP contribution is -1.96. The zero-order valence-electron chi connectivity index (χ0n) is 11.1. The van der Waals surface area contributed by atoms with E-state index in [-0.39, 0.29) is 0 Å². The van der Waals surface area contributed by atoms with E-state index >= 15 is 0 Å². The van der Waals surface area contributed by atoms with Crippen molar-refractivity contribution in [3.63, 3.8) is 0 Å². The third kappa shape index (κ3) is 1.60. The number of hydrogen-bond acceptors (Lipinski definition) is 2. The van der Waals surface area contributed by atoms with Gasteiger partial charge in [0, 0.05) is 35.1 Å². The molecule has 0 amide bonds. The van der Waals surface area contributed by atoms with Gasteiger partial charge < -0.3 is 4.57 Å². The van der Waals surface area contributed by atoms with Gasteiger partial charge in [-0.2, -0.15) is 0 Å². The fourth-order valence-electron chi connectivity index (χ4n) is 2.68. The molecule has 0 radical (unpaired) electrons. The molecule has 4 rings (SSSR count). The third-order valence-electron chi connectivity index (χ3n) is 3.57. The second-order valence-electron chi connectivity index (χ2n) is 4.92. The SMILES string of the molecule is Cc1cc(-n2ccc3cnccc32)c2ccccc2n1. The van der Waals surface area contributed by atoms with Gasteiger partial charge in [0.2, 0.25) is 0 Å². The molecule has 0 saturated carbocycles. The first-order valence-corrected chi connectivity index (χ1v) is 6.61. The van der Waals surface area contributed by atoms with E-state index in [2.05, 4.69) is 51.1 Å². The van der Waals surface area contributed by atoms with Crippen LogP contribution in [0, 0.1) is 6.92 Å². The quantitative estimate of drug-likeness (QED) is 0.519. The lowest BCUT2D eigenvalue weighted by Gasteiger charge is -2.10. The molecule has 0 aliphatic rings. The molecule has 3 heterocycles. The van der Waals surface area contributed by atoms with Gasteiger partial charge in [0.05, 0.1) is 16.7 Å². The average molecular weight is 259 g/mol. The zero-order valence-corrected chi connectivity index (χ0v) is 11.1. The van der Waals surface area contributed by atoms with Crippen LogP contribution in [0.2, 0.25) is 0 Å². The summed E-state index contributed by atoms with van der Waals surface area (Å²) in [6.07, 6.45) is 5.81. The fraction of sp³-hybridized carbons (Fsp3) is 0.0588. The zero-order chi connectivity index (χ0) is 13.5. The maximum Gasteiger partial charge on any atom is 0.0726 e. The number of para-hydroxylation sites is 1. The Labute approximate surface area is 116 Å². The van der Waals surface area contributed by atoms with Crippen molar-refractivity contribution in [2.75, 3.05) is 0 Å². The maximum absolute atomic E-state index is 4.60. The van der Waals surface area contributed by atoms with Crippen molar-refractivity contribution in [2.24, 2.45) is 0 Å². The van der Waals surface area contributed by atoms with Crippen LogP contribution in [0.4, 0.5) is 0 Å². The highest BCUT2D eigenvalue weighted by atomic mass is 15.0. The number of aromatic nitrogens is 3. The molecule has 4 aromatic rings. The van der Waals surface area contributed by atoms with Crippen LogP contribution < -0.4 is 0 Å². The lowest BCUT2D eigenvalue weighted by molar-refractivity contribution is 1.11. The summed E-state index contributed by atoms with van der Waals surface area (Å²) in [6.45, 7) is 2.03. The minimum atomic E-state index is 1.02. The van der Waals surface area contributed by atoms with Gasteiger partial charge in [-0.1, -0.05) is 18.2 Å². The van der Waals surface area contributed by atoms with Crippen molar-refractivity contribution in [2.45, 2.75) is 6.92 Å². The highest BCUT2D eigenvalue weighted by Gasteiger charge is 2.08. The smallest absolute Gasteiger partial charge is 0.0726 e. The molecule has 20 heavy (non-hydrogen) atoms. The highest BCUT2D eigenvalue weighted by molar-refractivity contribution is 5.90. The minimum absolute atomic E-state index is 1.02. The monoisotopic (exact) mass is 259 g/mol. The first kappa shape index (κ1) is 11.2. The third-order valence-corrected chi connectivity index (χ3v) is 3.57. The Kier molecular flexibility index (Phi) is 2.33. The molecule has 3 aromatic heterocycles. The second-order valence-corrected chi connectivity index (χ2v) is 4.92. The minimum Gasteiger partial charge on any atom is -0.316 e. The van der Waals surface area contributed by atoms with Gasteiger partial charge in [-0.3, -0.25) is 9.97 Å². The molecule has 0 N–H and O–H groups in total. The van der Waals surface area contributed by atoms with Crippen molar-refractivity contribution in [1.29, 1.82) is 0 Å². The Balaban J connectivity index is 2.12. The number of nitrogens with zero attached hydrogens (tertiary/aromatic N) is 3. The van der Waals surface area contributed by atoms with Crippen LogP contribution in [0.25, 0.3) is 27.5 Å². The number of hydrogen-bond donors (Lipinski definition) is 0. The normalized spacial score (nSPS) is 11.2. The molecule has 3 heteroatoms. The highest BCUT2D eigenvalue weighted by Crippen LogP contribution is 2.26. The van der Waals surface area contributed by atoms with Crippen molar-refractivity contribution in [3.05, 3.63) is 66.7 Å². The number of rotatable bonds is 1. The fourth-order valence-corrected chi connectivity index (χ4v) is 2.68. The summed E-state index contributed by atoms with van der Waals surface area (Å²) in [5.74, 6) is 0. The van der Waals surface area contributed by atoms with Crippen molar-refractivity contribution in [1.82, 2.24) is 14.5 Å². The van der Waals surface area contributed by atoms with Gasteiger partial charge in [-0.15, -0.1) is 0 Å². The standard InChI is InChI=1S/C17H13N3/c1-12-10-17(14-4-2-3-5-15(14)19-12)20-9-7-13-11-18-8-6-16(13)20/h2-11H,1H3. The Morgan fingerprint density at radius 2 is 1.95 bits per heavy atom. The molecule has 0 bridgehead atoms. The lowest BCUT2D eigenvalue weighted by atomic mass is 10.1. The van der Waals surface area contributed by atoms with Crippen LogP contribution in [0.15, 0.2) is 61.1 Å². The first-order chi connectivity index (χ1) is 9.83. The molecular weight excluding hydrogens is 246 g/mol. The molecule has 0 aliphatic heterocycles. The van der Waals surface area contributed by atoms with Gasteiger partial charge in [0.25, 0.3) is 0 Å².